The summed E-state index contributed by atoms with van der Waals surface area (Å²) in [6.07, 6.45) is 2.03. The molecule has 5 heteroatoms. The minimum absolute atomic E-state index is 0.738. The van der Waals surface area contributed by atoms with Gasteiger partial charge in [0, 0.05) is 13.1 Å². The standard InChI is InChI=1S/C14H19N3OS/c1-12(19-2)15-14(17-8-10-18-11-9-17)16-13-6-4-3-5-7-13/h3-7H,8-11H2,1-2H3/b15-12+,16-14?. The number of benzene rings is 1. The maximum absolute atomic E-state index is 5.38. The van der Waals surface area contributed by atoms with Crippen molar-refractivity contribution in [2.75, 3.05) is 32.6 Å². The van der Waals surface area contributed by atoms with Crippen LogP contribution in [-0.2, 0) is 4.74 Å². The molecule has 1 aromatic rings. The Morgan fingerprint density at radius 1 is 1.21 bits per heavy atom. The Kier molecular flexibility index (Phi) is 5.42. The van der Waals surface area contributed by atoms with Gasteiger partial charge in [0.1, 0.15) is 0 Å². The SMILES string of the molecule is CS/C(C)=N/C(=Nc1ccccc1)N1CCOCC1. The molecule has 0 radical (unpaired) electrons. The van der Waals surface area contributed by atoms with Crippen LogP contribution < -0.4 is 0 Å². The fraction of sp³-hybridized carbons (Fsp3) is 0.429. The molecular formula is C14H19N3OS. The number of hydrogen-bond acceptors (Lipinski definition) is 3. The van der Waals surface area contributed by atoms with Gasteiger partial charge in [-0.25, -0.2) is 9.98 Å². The molecule has 0 amide bonds. The molecule has 1 aliphatic heterocycles. The predicted molar refractivity (Wildman–Crippen MR) is 82.6 cm³/mol. The average Bonchev–Trinajstić information content (AvgIpc) is 2.48. The van der Waals surface area contributed by atoms with Gasteiger partial charge in [0.05, 0.1) is 23.9 Å². The van der Waals surface area contributed by atoms with Crippen LogP contribution >= 0.6 is 11.8 Å². The molecule has 0 saturated carbocycles. The van der Waals surface area contributed by atoms with E-state index in [0.717, 1.165) is 43.0 Å². The largest absolute Gasteiger partial charge is 0.378 e. The molecule has 0 bridgehead atoms. The van der Waals surface area contributed by atoms with Gasteiger partial charge in [0.15, 0.2) is 0 Å². The Balaban J connectivity index is 2.25. The summed E-state index contributed by atoms with van der Waals surface area (Å²) in [5, 5.41) is 1.01. The van der Waals surface area contributed by atoms with E-state index in [1.165, 1.54) is 0 Å². The summed E-state index contributed by atoms with van der Waals surface area (Å²) in [6, 6.07) is 9.94. The summed E-state index contributed by atoms with van der Waals surface area (Å²) in [5.41, 5.74) is 0.932. The van der Waals surface area contributed by atoms with E-state index in [4.69, 9.17) is 4.74 Å². The summed E-state index contributed by atoms with van der Waals surface area (Å²) >= 11 is 1.64. The molecule has 0 unspecified atom stereocenters. The summed E-state index contributed by atoms with van der Waals surface area (Å²) in [7, 11) is 0. The van der Waals surface area contributed by atoms with E-state index >= 15 is 0 Å². The number of hydrogen-bond donors (Lipinski definition) is 0. The smallest absolute Gasteiger partial charge is 0.226 e. The van der Waals surface area contributed by atoms with Crippen molar-refractivity contribution in [1.82, 2.24) is 4.90 Å². The molecule has 1 aromatic carbocycles. The number of guanidine groups is 1. The van der Waals surface area contributed by atoms with Crippen molar-refractivity contribution >= 4 is 28.5 Å². The number of nitrogens with zero attached hydrogens (tertiary/aromatic N) is 3. The predicted octanol–water partition coefficient (Wildman–Crippen LogP) is 2.79. The van der Waals surface area contributed by atoms with Gasteiger partial charge >= 0.3 is 0 Å². The van der Waals surface area contributed by atoms with Crippen LogP contribution in [0.2, 0.25) is 0 Å². The van der Waals surface area contributed by atoms with Crippen LogP contribution in [0.25, 0.3) is 0 Å². The summed E-state index contributed by atoms with van der Waals surface area (Å²) in [6.45, 7) is 5.17. The summed E-state index contributed by atoms with van der Waals surface area (Å²) in [5.74, 6) is 0.779. The first kappa shape index (κ1) is 14.1. The number of thioether (sulfide) groups is 1. The van der Waals surface area contributed by atoms with Gasteiger partial charge in [0.2, 0.25) is 5.96 Å². The van der Waals surface area contributed by atoms with Crippen LogP contribution in [0.4, 0.5) is 5.69 Å². The third-order valence-corrected chi connectivity index (χ3v) is 3.51. The van der Waals surface area contributed by atoms with E-state index in [-0.39, 0.29) is 0 Å². The molecule has 4 nitrogen and oxygen atoms in total. The van der Waals surface area contributed by atoms with Crippen molar-refractivity contribution in [2.45, 2.75) is 6.92 Å². The highest BCUT2D eigenvalue weighted by Gasteiger charge is 2.15. The lowest BCUT2D eigenvalue weighted by atomic mass is 10.3. The van der Waals surface area contributed by atoms with Crippen molar-refractivity contribution in [3.8, 4) is 0 Å². The summed E-state index contributed by atoms with van der Waals surface area (Å²) in [4.78, 5) is 11.4. The molecule has 0 N–H and O–H groups in total. The molecule has 0 aliphatic carbocycles. The van der Waals surface area contributed by atoms with Crippen LogP contribution in [0.1, 0.15) is 6.92 Å². The average molecular weight is 277 g/mol. The molecule has 1 heterocycles. The molecule has 1 fully saturated rings. The second-order valence-electron chi connectivity index (χ2n) is 4.18. The van der Waals surface area contributed by atoms with Crippen molar-refractivity contribution in [1.29, 1.82) is 0 Å². The fourth-order valence-electron chi connectivity index (χ4n) is 1.73. The minimum atomic E-state index is 0.738. The molecule has 0 atom stereocenters. The van der Waals surface area contributed by atoms with Gasteiger partial charge in [-0.15, -0.1) is 11.8 Å². The molecule has 2 rings (SSSR count). The van der Waals surface area contributed by atoms with Crippen molar-refractivity contribution in [2.24, 2.45) is 9.98 Å². The van der Waals surface area contributed by atoms with Crippen LogP contribution in [0.15, 0.2) is 40.3 Å². The second kappa shape index (κ2) is 7.31. The zero-order valence-corrected chi connectivity index (χ0v) is 12.2. The Bertz CT molecular complexity index is 453. The third-order valence-electron chi connectivity index (χ3n) is 2.83. The first-order chi connectivity index (χ1) is 9.29. The number of para-hydroxylation sites is 1. The van der Waals surface area contributed by atoms with Crippen LogP contribution in [-0.4, -0.2) is 48.5 Å². The molecule has 0 aromatic heterocycles. The lowest BCUT2D eigenvalue weighted by molar-refractivity contribution is 0.0676. The van der Waals surface area contributed by atoms with Crippen molar-refractivity contribution in [3.63, 3.8) is 0 Å². The van der Waals surface area contributed by atoms with Crippen LogP contribution in [0.3, 0.4) is 0 Å². The Morgan fingerprint density at radius 2 is 1.89 bits per heavy atom. The topological polar surface area (TPSA) is 37.2 Å². The van der Waals surface area contributed by atoms with Crippen molar-refractivity contribution < 1.29 is 4.74 Å². The quantitative estimate of drug-likeness (QED) is 0.585. The van der Waals surface area contributed by atoms with E-state index in [0.29, 0.717) is 0 Å². The first-order valence-corrected chi connectivity index (χ1v) is 7.58. The van der Waals surface area contributed by atoms with E-state index in [9.17, 15) is 0 Å². The number of rotatable bonds is 1. The van der Waals surface area contributed by atoms with Crippen LogP contribution in [0, 0.1) is 0 Å². The monoisotopic (exact) mass is 277 g/mol. The molecule has 0 spiro atoms. The third kappa shape index (κ3) is 4.36. The Hall–Kier alpha value is -1.33. The first-order valence-electron chi connectivity index (χ1n) is 6.35. The zero-order valence-electron chi connectivity index (χ0n) is 11.4. The highest BCUT2D eigenvalue weighted by molar-refractivity contribution is 8.13. The molecule has 102 valence electrons. The number of aliphatic imine (C=N–C) groups is 2. The van der Waals surface area contributed by atoms with E-state index in [1.807, 2.05) is 43.5 Å². The van der Waals surface area contributed by atoms with E-state index in [2.05, 4.69) is 14.9 Å². The lowest BCUT2D eigenvalue weighted by Crippen LogP contribution is -2.40. The lowest BCUT2D eigenvalue weighted by Gasteiger charge is -2.27. The molecular weight excluding hydrogens is 258 g/mol. The maximum Gasteiger partial charge on any atom is 0.226 e. The normalized spacial score (nSPS) is 17.7. The zero-order chi connectivity index (χ0) is 13.5. The van der Waals surface area contributed by atoms with Gasteiger partial charge in [-0.3, -0.25) is 0 Å². The molecule has 1 saturated heterocycles. The highest BCUT2D eigenvalue weighted by atomic mass is 32.2. The van der Waals surface area contributed by atoms with Crippen LogP contribution in [0.5, 0.6) is 0 Å². The van der Waals surface area contributed by atoms with Crippen molar-refractivity contribution in [3.05, 3.63) is 30.3 Å². The Morgan fingerprint density at radius 3 is 2.53 bits per heavy atom. The number of morpholine rings is 1. The second-order valence-corrected chi connectivity index (χ2v) is 5.18. The minimum Gasteiger partial charge on any atom is -0.378 e. The summed E-state index contributed by atoms with van der Waals surface area (Å²) < 4.78 is 5.38. The molecule has 1 aliphatic rings. The maximum atomic E-state index is 5.38. The van der Waals surface area contributed by atoms with E-state index in [1.54, 1.807) is 11.8 Å². The van der Waals surface area contributed by atoms with E-state index < -0.39 is 0 Å². The molecule has 19 heavy (non-hydrogen) atoms. The fourth-order valence-corrected chi connectivity index (χ4v) is 1.91. The number of ether oxygens (including phenoxy) is 1. The van der Waals surface area contributed by atoms with Gasteiger partial charge < -0.3 is 9.64 Å². The van der Waals surface area contributed by atoms with Gasteiger partial charge in [-0.1, -0.05) is 18.2 Å². The van der Waals surface area contributed by atoms with Gasteiger partial charge in [0.25, 0.3) is 0 Å². The Labute approximate surface area is 118 Å². The van der Waals surface area contributed by atoms with Gasteiger partial charge in [-0.05, 0) is 25.3 Å². The highest BCUT2D eigenvalue weighted by Crippen LogP contribution is 2.13. The van der Waals surface area contributed by atoms with Gasteiger partial charge in [-0.2, -0.15) is 0 Å².